The van der Waals surface area contributed by atoms with E-state index in [-0.39, 0.29) is 0 Å². The molecule has 3 rings (SSSR count). The Balaban J connectivity index is 2.15. The van der Waals surface area contributed by atoms with E-state index in [0.29, 0.717) is 10.9 Å². The summed E-state index contributed by atoms with van der Waals surface area (Å²) in [4.78, 5) is 2.30. The maximum absolute atomic E-state index is 6.38. The SMILES string of the molecule is CN1Cc2c(Cl)cc(Cl)cc2[C@@H](c2cccc(Br)c2)C1. The van der Waals surface area contributed by atoms with Crippen LogP contribution in [0.3, 0.4) is 0 Å². The molecule has 0 bridgehead atoms. The maximum atomic E-state index is 6.38. The van der Waals surface area contributed by atoms with E-state index in [1.54, 1.807) is 0 Å². The van der Waals surface area contributed by atoms with Gasteiger partial charge in [-0.15, -0.1) is 0 Å². The zero-order valence-corrected chi connectivity index (χ0v) is 14.1. The van der Waals surface area contributed by atoms with Crippen molar-refractivity contribution in [2.75, 3.05) is 13.6 Å². The van der Waals surface area contributed by atoms with Gasteiger partial charge < -0.3 is 4.90 Å². The first-order valence-electron chi connectivity index (χ1n) is 6.46. The van der Waals surface area contributed by atoms with Gasteiger partial charge in [0.1, 0.15) is 0 Å². The summed E-state index contributed by atoms with van der Waals surface area (Å²) in [5, 5.41) is 1.47. The number of nitrogens with zero attached hydrogens (tertiary/aromatic N) is 1. The molecule has 4 heteroatoms. The van der Waals surface area contributed by atoms with Crippen LogP contribution in [-0.4, -0.2) is 18.5 Å². The summed E-state index contributed by atoms with van der Waals surface area (Å²) in [6, 6.07) is 12.3. The van der Waals surface area contributed by atoms with Gasteiger partial charge in [-0.05, 0) is 48.0 Å². The van der Waals surface area contributed by atoms with Crippen LogP contribution in [0.5, 0.6) is 0 Å². The highest BCUT2D eigenvalue weighted by Crippen LogP contribution is 2.38. The zero-order valence-electron chi connectivity index (χ0n) is 11.0. The maximum Gasteiger partial charge on any atom is 0.0468 e. The minimum atomic E-state index is 0.303. The number of rotatable bonds is 1. The van der Waals surface area contributed by atoms with Crippen molar-refractivity contribution in [3.05, 3.63) is 67.6 Å². The first-order valence-corrected chi connectivity index (χ1v) is 8.01. The Morgan fingerprint density at radius 1 is 1.20 bits per heavy atom. The van der Waals surface area contributed by atoms with Gasteiger partial charge in [0.2, 0.25) is 0 Å². The molecule has 0 amide bonds. The van der Waals surface area contributed by atoms with Crippen molar-refractivity contribution in [3.63, 3.8) is 0 Å². The topological polar surface area (TPSA) is 3.24 Å². The molecule has 0 saturated heterocycles. The molecule has 2 aromatic rings. The number of halogens is 3. The van der Waals surface area contributed by atoms with Gasteiger partial charge in [-0.3, -0.25) is 0 Å². The average molecular weight is 371 g/mol. The van der Waals surface area contributed by atoms with Crippen LogP contribution in [0, 0.1) is 0 Å². The molecule has 2 aromatic carbocycles. The monoisotopic (exact) mass is 369 g/mol. The molecule has 0 saturated carbocycles. The van der Waals surface area contributed by atoms with Gasteiger partial charge in [0.05, 0.1) is 0 Å². The van der Waals surface area contributed by atoms with E-state index in [9.17, 15) is 0 Å². The number of likely N-dealkylation sites (N-methyl/N-ethyl adjacent to an activating group) is 1. The quantitative estimate of drug-likeness (QED) is 0.655. The van der Waals surface area contributed by atoms with Crippen LogP contribution in [0.4, 0.5) is 0 Å². The van der Waals surface area contributed by atoms with E-state index in [0.717, 1.165) is 22.6 Å². The second-order valence-electron chi connectivity index (χ2n) is 5.26. The summed E-state index contributed by atoms with van der Waals surface area (Å²) in [7, 11) is 2.12. The van der Waals surface area contributed by atoms with Gasteiger partial charge in [-0.25, -0.2) is 0 Å². The minimum absolute atomic E-state index is 0.303. The van der Waals surface area contributed by atoms with Crippen molar-refractivity contribution in [1.82, 2.24) is 4.90 Å². The van der Waals surface area contributed by atoms with Crippen LogP contribution in [0.15, 0.2) is 40.9 Å². The Labute approximate surface area is 137 Å². The Kier molecular flexibility index (Phi) is 4.09. The molecule has 0 fully saturated rings. The van der Waals surface area contributed by atoms with Gasteiger partial charge in [-0.2, -0.15) is 0 Å². The first kappa shape index (κ1) is 14.4. The number of hydrogen-bond donors (Lipinski definition) is 0. The average Bonchev–Trinajstić information content (AvgIpc) is 2.39. The third kappa shape index (κ3) is 2.75. The van der Waals surface area contributed by atoms with Crippen molar-refractivity contribution in [3.8, 4) is 0 Å². The second-order valence-corrected chi connectivity index (χ2v) is 7.02. The summed E-state index contributed by atoms with van der Waals surface area (Å²) >= 11 is 16.1. The van der Waals surface area contributed by atoms with E-state index >= 15 is 0 Å². The summed E-state index contributed by atoms with van der Waals surface area (Å²) < 4.78 is 1.10. The van der Waals surface area contributed by atoms with Gasteiger partial charge >= 0.3 is 0 Å². The molecule has 1 nitrogen and oxygen atoms in total. The van der Waals surface area contributed by atoms with Crippen LogP contribution in [0.25, 0.3) is 0 Å². The molecular weight excluding hydrogens is 357 g/mol. The second kappa shape index (κ2) is 5.69. The molecule has 0 radical (unpaired) electrons. The zero-order chi connectivity index (χ0) is 14.3. The standard InChI is InChI=1S/C16H14BrCl2N/c1-20-8-14(10-3-2-4-11(17)5-10)13-6-12(18)7-16(19)15(13)9-20/h2-7,14H,8-9H2,1H3/t14-/m1/s1. The first-order chi connectivity index (χ1) is 9.54. The summed E-state index contributed by atoms with van der Waals surface area (Å²) in [6.45, 7) is 1.84. The third-order valence-electron chi connectivity index (χ3n) is 3.74. The fraction of sp³-hybridized carbons (Fsp3) is 0.250. The molecule has 0 aromatic heterocycles. The predicted molar refractivity (Wildman–Crippen MR) is 88.8 cm³/mol. The highest BCUT2D eigenvalue weighted by Gasteiger charge is 2.27. The molecular formula is C16H14BrCl2N. The van der Waals surface area contributed by atoms with Crippen molar-refractivity contribution in [2.24, 2.45) is 0 Å². The Morgan fingerprint density at radius 3 is 2.75 bits per heavy atom. The predicted octanol–water partition coefficient (Wildman–Crippen LogP) is 5.33. The largest absolute Gasteiger partial charge is 0.301 e. The van der Waals surface area contributed by atoms with Crippen molar-refractivity contribution >= 4 is 39.1 Å². The van der Waals surface area contributed by atoms with Crippen LogP contribution in [-0.2, 0) is 6.54 Å². The number of fused-ring (bicyclic) bond motifs is 1. The summed E-state index contributed by atoms with van der Waals surface area (Å²) in [5.41, 5.74) is 3.72. The van der Waals surface area contributed by atoms with Crippen molar-refractivity contribution in [2.45, 2.75) is 12.5 Å². The van der Waals surface area contributed by atoms with Crippen molar-refractivity contribution in [1.29, 1.82) is 0 Å². The highest BCUT2D eigenvalue weighted by atomic mass is 79.9. The van der Waals surface area contributed by atoms with Crippen LogP contribution in [0.2, 0.25) is 10.0 Å². The van der Waals surface area contributed by atoms with Gasteiger partial charge in [0, 0.05) is 33.5 Å². The van der Waals surface area contributed by atoms with Crippen LogP contribution >= 0.6 is 39.1 Å². The van der Waals surface area contributed by atoms with Gasteiger partial charge in [-0.1, -0.05) is 51.3 Å². The number of benzene rings is 2. The molecule has 104 valence electrons. The van der Waals surface area contributed by atoms with E-state index in [2.05, 4.69) is 52.1 Å². The Bertz CT molecular complexity index is 657. The smallest absolute Gasteiger partial charge is 0.0468 e. The lowest BCUT2D eigenvalue weighted by Gasteiger charge is -2.33. The van der Waals surface area contributed by atoms with E-state index in [1.165, 1.54) is 16.7 Å². The lowest BCUT2D eigenvalue weighted by molar-refractivity contribution is 0.295. The van der Waals surface area contributed by atoms with Gasteiger partial charge in [0.15, 0.2) is 0 Å². The van der Waals surface area contributed by atoms with E-state index in [4.69, 9.17) is 23.2 Å². The normalized spacial score (nSPS) is 18.9. The molecule has 0 spiro atoms. The molecule has 1 aliphatic heterocycles. The molecule has 1 aliphatic rings. The molecule has 20 heavy (non-hydrogen) atoms. The van der Waals surface area contributed by atoms with Gasteiger partial charge in [0.25, 0.3) is 0 Å². The van der Waals surface area contributed by atoms with Crippen LogP contribution < -0.4 is 0 Å². The lowest BCUT2D eigenvalue weighted by Crippen LogP contribution is -2.31. The Hall–Kier alpha value is -0.540. The van der Waals surface area contributed by atoms with Crippen LogP contribution in [0.1, 0.15) is 22.6 Å². The minimum Gasteiger partial charge on any atom is -0.301 e. The summed E-state index contributed by atoms with van der Waals surface area (Å²) in [6.07, 6.45) is 0. The molecule has 0 N–H and O–H groups in total. The van der Waals surface area contributed by atoms with E-state index < -0.39 is 0 Å². The Morgan fingerprint density at radius 2 is 2.00 bits per heavy atom. The van der Waals surface area contributed by atoms with Crippen molar-refractivity contribution < 1.29 is 0 Å². The third-order valence-corrected chi connectivity index (χ3v) is 4.79. The molecule has 1 atom stereocenters. The molecule has 0 unspecified atom stereocenters. The molecule has 1 heterocycles. The van der Waals surface area contributed by atoms with E-state index in [1.807, 2.05) is 12.1 Å². The fourth-order valence-electron chi connectivity index (χ4n) is 2.85. The molecule has 0 aliphatic carbocycles. The summed E-state index contributed by atoms with van der Waals surface area (Å²) in [5.74, 6) is 0.303. The lowest BCUT2D eigenvalue weighted by atomic mass is 9.85. The highest BCUT2D eigenvalue weighted by molar-refractivity contribution is 9.10. The fourth-order valence-corrected chi connectivity index (χ4v) is 3.84. The number of hydrogen-bond acceptors (Lipinski definition) is 1.